The molecular formula is C29H29F2N3O3. The summed E-state index contributed by atoms with van der Waals surface area (Å²) in [5.74, 6) is -0.358. The topological polar surface area (TPSA) is 65.6 Å². The van der Waals surface area contributed by atoms with Crippen LogP contribution >= 0.6 is 0 Å². The highest BCUT2D eigenvalue weighted by Crippen LogP contribution is 2.21. The first-order chi connectivity index (χ1) is 17.8. The summed E-state index contributed by atoms with van der Waals surface area (Å²) in [5.41, 5.74) is 4.44. The number of halogens is 2. The van der Waals surface area contributed by atoms with Crippen LogP contribution in [0, 0.1) is 13.8 Å². The molecule has 5 rings (SSSR count). The molecule has 0 radical (unpaired) electrons. The maximum absolute atomic E-state index is 12.8. The summed E-state index contributed by atoms with van der Waals surface area (Å²) in [4.78, 5) is 31.7. The summed E-state index contributed by atoms with van der Waals surface area (Å²) >= 11 is 0. The number of alkyl halides is 2. The van der Waals surface area contributed by atoms with Gasteiger partial charge in [-0.15, -0.1) is 0 Å². The Balaban J connectivity index is 0.000000396. The number of carbonyl (C=O) groups is 2. The molecule has 0 saturated carbocycles. The number of hydrogen-bond acceptors (Lipinski definition) is 3. The van der Waals surface area contributed by atoms with E-state index in [-0.39, 0.29) is 30.7 Å². The molecule has 192 valence electrons. The molecule has 1 saturated heterocycles. The van der Waals surface area contributed by atoms with Gasteiger partial charge in [0.25, 0.3) is 5.91 Å². The van der Waals surface area contributed by atoms with Crippen molar-refractivity contribution in [2.45, 2.75) is 27.0 Å². The quantitative estimate of drug-likeness (QED) is 0.386. The van der Waals surface area contributed by atoms with Crippen molar-refractivity contribution in [2.24, 2.45) is 0 Å². The Hall–Kier alpha value is -4.20. The number of aromatic amines is 1. The van der Waals surface area contributed by atoms with Gasteiger partial charge in [-0.25, -0.2) is 0 Å². The van der Waals surface area contributed by atoms with Crippen LogP contribution in [0.4, 0.5) is 8.78 Å². The second-order valence-electron chi connectivity index (χ2n) is 9.00. The minimum atomic E-state index is -2.90. The van der Waals surface area contributed by atoms with Crippen molar-refractivity contribution >= 4 is 22.7 Å². The highest BCUT2D eigenvalue weighted by atomic mass is 19.3. The molecule has 0 spiro atoms. The van der Waals surface area contributed by atoms with Crippen LogP contribution in [-0.2, 0) is 11.3 Å². The van der Waals surface area contributed by atoms with Crippen LogP contribution in [-0.4, -0.2) is 52.8 Å². The van der Waals surface area contributed by atoms with E-state index in [0.29, 0.717) is 24.3 Å². The summed E-state index contributed by atoms with van der Waals surface area (Å²) in [6.45, 7) is 2.18. The van der Waals surface area contributed by atoms with E-state index in [9.17, 15) is 18.4 Å². The summed E-state index contributed by atoms with van der Waals surface area (Å²) in [6, 6.07) is 24.2. The average molecular weight is 506 g/mol. The molecule has 37 heavy (non-hydrogen) atoms. The molecular weight excluding hydrogens is 476 g/mol. The third-order valence-electron chi connectivity index (χ3n) is 6.05. The standard InChI is InChI=1S/C22H21F2N3O3.C7H8/c1-14-5-6-18-16(9-14)11-19(25-18)21(29)27-8-7-26(20(28)13-27)12-15-3-2-4-17(10-15)30-22(23)24;1-7-5-3-2-4-6-7/h2-6,9-11,22,25H,7-8,12-13H2,1H3;2-6H,1H3. The van der Waals surface area contributed by atoms with Gasteiger partial charge in [0, 0.05) is 30.5 Å². The van der Waals surface area contributed by atoms with Crippen LogP contribution in [0.2, 0.25) is 0 Å². The van der Waals surface area contributed by atoms with E-state index in [1.54, 1.807) is 23.1 Å². The molecule has 0 unspecified atom stereocenters. The molecule has 3 aromatic carbocycles. The van der Waals surface area contributed by atoms with Crippen LogP contribution in [0.15, 0.2) is 78.9 Å². The van der Waals surface area contributed by atoms with E-state index >= 15 is 0 Å². The van der Waals surface area contributed by atoms with Gasteiger partial charge >= 0.3 is 6.61 Å². The van der Waals surface area contributed by atoms with E-state index in [1.807, 2.05) is 43.3 Å². The lowest BCUT2D eigenvalue weighted by Gasteiger charge is -2.34. The summed E-state index contributed by atoms with van der Waals surface area (Å²) in [5, 5.41) is 0.953. The lowest BCUT2D eigenvalue weighted by atomic mass is 10.1. The number of ether oxygens (including phenoxy) is 1. The number of aromatic nitrogens is 1. The van der Waals surface area contributed by atoms with E-state index in [4.69, 9.17) is 0 Å². The van der Waals surface area contributed by atoms with Crippen LogP contribution in [0.3, 0.4) is 0 Å². The largest absolute Gasteiger partial charge is 0.435 e. The maximum Gasteiger partial charge on any atom is 0.387 e. The second kappa shape index (κ2) is 11.7. The van der Waals surface area contributed by atoms with Crippen molar-refractivity contribution < 1.29 is 23.1 Å². The molecule has 8 heteroatoms. The number of hydrogen-bond donors (Lipinski definition) is 1. The fraction of sp³-hybridized carbons (Fsp3) is 0.241. The molecule has 1 fully saturated rings. The maximum atomic E-state index is 12.8. The van der Waals surface area contributed by atoms with Gasteiger partial charge in [-0.05, 0) is 49.7 Å². The normalized spacial score (nSPS) is 13.5. The van der Waals surface area contributed by atoms with Gasteiger partial charge in [-0.1, -0.05) is 59.7 Å². The molecule has 2 heterocycles. The van der Waals surface area contributed by atoms with E-state index in [2.05, 4.69) is 28.8 Å². The van der Waals surface area contributed by atoms with Crippen LogP contribution in [0.25, 0.3) is 10.9 Å². The number of carbonyl (C=O) groups excluding carboxylic acids is 2. The number of benzene rings is 3. The van der Waals surface area contributed by atoms with Gasteiger partial charge in [-0.2, -0.15) is 8.78 Å². The van der Waals surface area contributed by atoms with Gasteiger partial charge in [0.15, 0.2) is 0 Å². The van der Waals surface area contributed by atoms with Crippen molar-refractivity contribution in [1.82, 2.24) is 14.8 Å². The van der Waals surface area contributed by atoms with Gasteiger partial charge in [-0.3, -0.25) is 9.59 Å². The first kappa shape index (κ1) is 25.9. The lowest BCUT2D eigenvalue weighted by molar-refractivity contribution is -0.135. The Morgan fingerprint density at radius 2 is 1.73 bits per heavy atom. The predicted octanol–water partition coefficient (Wildman–Crippen LogP) is 5.56. The van der Waals surface area contributed by atoms with Gasteiger partial charge < -0.3 is 19.5 Å². The third-order valence-corrected chi connectivity index (χ3v) is 6.05. The van der Waals surface area contributed by atoms with Crippen molar-refractivity contribution in [3.05, 3.63) is 101 Å². The fourth-order valence-electron chi connectivity index (χ4n) is 4.16. The monoisotopic (exact) mass is 505 g/mol. The van der Waals surface area contributed by atoms with Crippen molar-refractivity contribution in [3.8, 4) is 5.75 Å². The first-order valence-corrected chi connectivity index (χ1v) is 12.0. The van der Waals surface area contributed by atoms with Crippen LogP contribution < -0.4 is 4.74 Å². The molecule has 0 atom stereocenters. The summed E-state index contributed by atoms with van der Waals surface area (Å²) in [7, 11) is 0. The van der Waals surface area contributed by atoms with Gasteiger partial charge in [0.05, 0.1) is 0 Å². The molecule has 6 nitrogen and oxygen atoms in total. The molecule has 1 aliphatic rings. The Labute approximate surface area is 214 Å². The van der Waals surface area contributed by atoms with Gasteiger partial charge in [0.2, 0.25) is 5.91 Å². The zero-order chi connectivity index (χ0) is 26.4. The van der Waals surface area contributed by atoms with E-state index in [1.165, 1.54) is 22.6 Å². The Kier molecular flexibility index (Phi) is 8.18. The van der Waals surface area contributed by atoms with Gasteiger partial charge in [0.1, 0.15) is 18.0 Å². The van der Waals surface area contributed by atoms with Crippen LogP contribution in [0.5, 0.6) is 5.75 Å². The number of piperazine rings is 1. The number of nitrogens with one attached hydrogen (secondary N) is 1. The molecule has 1 N–H and O–H groups in total. The lowest BCUT2D eigenvalue weighted by Crippen LogP contribution is -2.51. The zero-order valence-corrected chi connectivity index (χ0v) is 20.8. The molecule has 0 aliphatic carbocycles. The van der Waals surface area contributed by atoms with Crippen molar-refractivity contribution in [3.63, 3.8) is 0 Å². The predicted molar refractivity (Wildman–Crippen MR) is 139 cm³/mol. The highest BCUT2D eigenvalue weighted by Gasteiger charge is 2.28. The third kappa shape index (κ3) is 6.94. The minimum absolute atomic E-state index is 0.0273. The minimum Gasteiger partial charge on any atom is -0.435 e. The molecule has 1 aromatic heterocycles. The van der Waals surface area contributed by atoms with E-state index in [0.717, 1.165) is 16.5 Å². The second-order valence-corrected chi connectivity index (χ2v) is 9.00. The number of amides is 2. The SMILES string of the molecule is Cc1ccc2[nH]c(C(=O)N3CCN(Cc4cccc(OC(F)F)c4)C(=O)C3)cc2c1.Cc1ccccc1. The molecule has 2 amide bonds. The highest BCUT2D eigenvalue weighted by molar-refractivity contribution is 6.00. The summed E-state index contributed by atoms with van der Waals surface area (Å²) in [6.07, 6.45) is 0. The smallest absolute Gasteiger partial charge is 0.387 e. The number of rotatable bonds is 5. The zero-order valence-electron chi connectivity index (χ0n) is 20.8. The van der Waals surface area contributed by atoms with Crippen LogP contribution in [0.1, 0.15) is 27.2 Å². The number of fused-ring (bicyclic) bond motifs is 1. The van der Waals surface area contributed by atoms with Crippen molar-refractivity contribution in [2.75, 3.05) is 19.6 Å². The Bertz CT molecular complexity index is 1370. The molecule has 4 aromatic rings. The van der Waals surface area contributed by atoms with Crippen molar-refractivity contribution in [1.29, 1.82) is 0 Å². The Morgan fingerprint density at radius 1 is 0.946 bits per heavy atom. The Morgan fingerprint density at radius 3 is 2.41 bits per heavy atom. The number of H-pyrrole nitrogens is 1. The first-order valence-electron chi connectivity index (χ1n) is 12.0. The number of aryl methyl sites for hydroxylation is 2. The molecule has 1 aliphatic heterocycles. The molecule has 0 bridgehead atoms. The number of nitrogens with zero attached hydrogens (tertiary/aromatic N) is 2. The van der Waals surface area contributed by atoms with E-state index < -0.39 is 6.61 Å². The fourth-order valence-corrected chi connectivity index (χ4v) is 4.16. The summed E-state index contributed by atoms with van der Waals surface area (Å²) < 4.78 is 29.2. The average Bonchev–Trinajstić information content (AvgIpc) is 3.29.